The SMILES string of the molecule is CC(C)CNCCC(C)(C)CCc1ccsc1. The van der Waals surface area contributed by atoms with Crippen molar-refractivity contribution >= 4 is 11.3 Å². The lowest BCUT2D eigenvalue weighted by molar-refractivity contribution is 0.300. The van der Waals surface area contributed by atoms with E-state index < -0.39 is 0 Å². The minimum absolute atomic E-state index is 0.450. The van der Waals surface area contributed by atoms with Crippen LogP contribution in [0.3, 0.4) is 0 Å². The van der Waals surface area contributed by atoms with E-state index in [1.54, 1.807) is 11.3 Å². The van der Waals surface area contributed by atoms with Gasteiger partial charge in [-0.25, -0.2) is 0 Å². The lowest BCUT2D eigenvalue weighted by Crippen LogP contribution is -2.25. The van der Waals surface area contributed by atoms with Crippen molar-refractivity contribution in [2.24, 2.45) is 11.3 Å². The Hall–Kier alpha value is -0.340. The molecule has 0 unspecified atom stereocenters. The van der Waals surface area contributed by atoms with E-state index in [1.165, 1.54) is 24.8 Å². The molecule has 0 aliphatic rings. The summed E-state index contributed by atoms with van der Waals surface area (Å²) in [7, 11) is 0. The summed E-state index contributed by atoms with van der Waals surface area (Å²) in [5.74, 6) is 0.754. The van der Waals surface area contributed by atoms with Gasteiger partial charge in [0.1, 0.15) is 0 Å². The van der Waals surface area contributed by atoms with Crippen LogP contribution in [0.1, 0.15) is 46.1 Å². The summed E-state index contributed by atoms with van der Waals surface area (Å²) in [5.41, 5.74) is 1.95. The lowest BCUT2D eigenvalue weighted by atomic mass is 9.83. The first-order valence-corrected chi connectivity index (χ1v) is 7.66. The van der Waals surface area contributed by atoms with Gasteiger partial charge in [0, 0.05) is 0 Å². The average Bonchev–Trinajstić information content (AvgIpc) is 2.74. The maximum atomic E-state index is 3.54. The van der Waals surface area contributed by atoms with Crippen LogP contribution in [0, 0.1) is 11.3 Å². The van der Waals surface area contributed by atoms with Crippen LogP contribution in [0.15, 0.2) is 16.8 Å². The molecule has 0 aliphatic heterocycles. The Morgan fingerprint density at radius 3 is 2.65 bits per heavy atom. The lowest BCUT2D eigenvalue weighted by Gasteiger charge is -2.24. The van der Waals surface area contributed by atoms with Gasteiger partial charge in [-0.15, -0.1) is 0 Å². The van der Waals surface area contributed by atoms with Crippen LogP contribution >= 0.6 is 11.3 Å². The van der Waals surface area contributed by atoms with Crippen molar-refractivity contribution < 1.29 is 0 Å². The second kappa shape index (κ2) is 7.17. The summed E-state index contributed by atoms with van der Waals surface area (Å²) in [4.78, 5) is 0. The van der Waals surface area contributed by atoms with Gasteiger partial charge in [0.2, 0.25) is 0 Å². The Labute approximate surface area is 111 Å². The summed E-state index contributed by atoms with van der Waals surface area (Å²) in [6.07, 6.45) is 3.78. The van der Waals surface area contributed by atoms with Crippen LogP contribution in [0.5, 0.6) is 0 Å². The monoisotopic (exact) mass is 253 g/mol. The predicted molar refractivity (Wildman–Crippen MR) is 78.7 cm³/mol. The van der Waals surface area contributed by atoms with Crippen LogP contribution in [0.2, 0.25) is 0 Å². The van der Waals surface area contributed by atoms with Crippen molar-refractivity contribution in [2.75, 3.05) is 13.1 Å². The summed E-state index contributed by atoms with van der Waals surface area (Å²) < 4.78 is 0. The quantitative estimate of drug-likeness (QED) is 0.679. The van der Waals surface area contributed by atoms with E-state index in [0.29, 0.717) is 5.41 Å². The van der Waals surface area contributed by atoms with Crippen LogP contribution < -0.4 is 5.32 Å². The van der Waals surface area contributed by atoms with E-state index in [2.05, 4.69) is 49.8 Å². The standard InChI is InChI=1S/C15H27NS/c1-13(2)11-16-9-8-15(3,4)7-5-14-6-10-17-12-14/h6,10,12-13,16H,5,7-9,11H2,1-4H3. The molecular formula is C15H27NS. The van der Waals surface area contributed by atoms with E-state index >= 15 is 0 Å². The molecule has 0 saturated carbocycles. The number of nitrogens with one attached hydrogen (secondary N) is 1. The Morgan fingerprint density at radius 2 is 2.06 bits per heavy atom. The molecule has 0 saturated heterocycles. The number of aryl methyl sites for hydroxylation is 1. The summed E-state index contributed by atoms with van der Waals surface area (Å²) in [6, 6.07) is 2.25. The molecule has 17 heavy (non-hydrogen) atoms. The third kappa shape index (κ3) is 6.85. The molecule has 0 amide bonds. The molecule has 0 aliphatic carbocycles. The maximum absolute atomic E-state index is 3.54. The number of rotatable bonds is 8. The Morgan fingerprint density at radius 1 is 1.29 bits per heavy atom. The van der Waals surface area contributed by atoms with Crippen molar-refractivity contribution in [1.82, 2.24) is 5.32 Å². The fourth-order valence-corrected chi connectivity index (χ4v) is 2.56. The van der Waals surface area contributed by atoms with E-state index in [-0.39, 0.29) is 0 Å². The van der Waals surface area contributed by atoms with Gasteiger partial charge < -0.3 is 5.32 Å². The van der Waals surface area contributed by atoms with Gasteiger partial charge in [-0.2, -0.15) is 11.3 Å². The smallest absolute Gasteiger partial charge is 0.00258 e. The van der Waals surface area contributed by atoms with Crippen LogP contribution in [0.25, 0.3) is 0 Å². The molecule has 0 aromatic carbocycles. The van der Waals surface area contributed by atoms with Crippen molar-refractivity contribution in [3.63, 3.8) is 0 Å². The molecule has 1 aromatic heterocycles. The van der Waals surface area contributed by atoms with E-state index in [0.717, 1.165) is 19.0 Å². The van der Waals surface area contributed by atoms with E-state index in [1.807, 2.05) is 0 Å². The highest BCUT2D eigenvalue weighted by Gasteiger charge is 2.17. The number of hydrogen-bond donors (Lipinski definition) is 1. The topological polar surface area (TPSA) is 12.0 Å². The number of hydrogen-bond acceptors (Lipinski definition) is 2. The van der Waals surface area contributed by atoms with Crippen LogP contribution in [-0.2, 0) is 6.42 Å². The second-order valence-electron chi connectivity index (χ2n) is 6.14. The minimum atomic E-state index is 0.450. The predicted octanol–water partition coefficient (Wildman–Crippen LogP) is 4.34. The molecule has 1 heterocycles. The van der Waals surface area contributed by atoms with Gasteiger partial charge in [0.25, 0.3) is 0 Å². The average molecular weight is 253 g/mol. The zero-order chi connectivity index (χ0) is 12.7. The fraction of sp³-hybridized carbons (Fsp3) is 0.733. The van der Waals surface area contributed by atoms with Gasteiger partial charge in [0.05, 0.1) is 0 Å². The summed E-state index contributed by atoms with van der Waals surface area (Å²) in [5, 5.41) is 7.98. The van der Waals surface area contributed by atoms with Crippen molar-refractivity contribution in [2.45, 2.75) is 47.0 Å². The van der Waals surface area contributed by atoms with E-state index in [4.69, 9.17) is 0 Å². The maximum Gasteiger partial charge on any atom is -0.00258 e. The summed E-state index contributed by atoms with van der Waals surface area (Å²) in [6.45, 7) is 11.6. The van der Waals surface area contributed by atoms with Crippen molar-refractivity contribution in [1.29, 1.82) is 0 Å². The highest BCUT2D eigenvalue weighted by atomic mass is 32.1. The minimum Gasteiger partial charge on any atom is -0.316 e. The number of thiophene rings is 1. The largest absolute Gasteiger partial charge is 0.316 e. The molecule has 0 spiro atoms. The van der Waals surface area contributed by atoms with Crippen molar-refractivity contribution in [3.05, 3.63) is 22.4 Å². The van der Waals surface area contributed by atoms with Gasteiger partial charge in [0.15, 0.2) is 0 Å². The second-order valence-corrected chi connectivity index (χ2v) is 6.92. The highest BCUT2D eigenvalue weighted by molar-refractivity contribution is 7.07. The molecule has 2 heteroatoms. The fourth-order valence-electron chi connectivity index (χ4n) is 1.86. The molecule has 0 radical (unpaired) electrons. The Bertz CT molecular complexity index is 288. The summed E-state index contributed by atoms with van der Waals surface area (Å²) >= 11 is 1.80. The zero-order valence-corrected chi connectivity index (χ0v) is 12.6. The van der Waals surface area contributed by atoms with Crippen molar-refractivity contribution in [3.8, 4) is 0 Å². The van der Waals surface area contributed by atoms with Gasteiger partial charge in [-0.05, 0) is 66.1 Å². The third-order valence-corrected chi connectivity index (χ3v) is 3.93. The molecule has 0 bridgehead atoms. The first kappa shape index (κ1) is 14.7. The molecule has 98 valence electrons. The van der Waals surface area contributed by atoms with E-state index in [9.17, 15) is 0 Å². The first-order chi connectivity index (χ1) is 7.99. The molecule has 1 nitrogen and oxygen atoms in total. The molecule has 1 rings (SSSR count). The highest BCUT2D eigenvalue weighted by Crippen LogP contribution is 2.27. The molecular weight excluding hydrogens is 226 g/mol. The van der Waals surface area contributed by atoms with Gasteiger partial charge in [-0.3, -0.25) is 0 Å². The molecule has 1 aromatic rings. The first-order valence-electron chi connectivity index (χ1n) is 6.71. The zero-order valence-electron chi connectivity index (χ0n) is 11.8. The van der Waals surface area contributed by atoms with Gasteiger partial charge >= 0.3 is 0 Å². The third-order valence-electron chi connectivity index (χ3n) is 3.20. The Balaban J connectivity index is 2.16. The molecule has 0 atom stereocenters. The molecule has 0 fully saturated rings. The normalized spacial score (nSPS) is 12.3. The molecule has 1 N–H and O–H groups in total. The van der Waals surface area contributed by atoms with Gasteiger partial charge in [-0.1, -0.05) is 27.7 Å². The Kier molecular flexibility index (Phi) is 6.21. The van der Waals surface area contributed by atoms with Crippen LogP contribution in [0.4, 0.5) is 0 Å². The van der Waals surface area contributed by atoms with Crippen LogP contribution in [-0.4, -0.2) is 13.1 Å².